The zero-order valence-electron chi connectivity index (χ0n) is 8.31. The molecule has 2 N–H and O–H groups in total. The van der Waals surface area contributed by atoms with Crippen LogP contribution in [0.4, 0.5) is 13.2 Å². The highest BCUT2D eigenvalue weighted by Gasteiger charge is 2.33. The standard InChI is InChI=1S/C11H12F3N/c1-3-10(15)8-5-4-6-9(7(8)2)11(12,13)14/h3-6,10H,1,15H2,2H3/t10-/m1/s1. The number of alkyl halides is 3. The van der Waals surface area contributed by atoms with Crippen LogP contribution in [-0.4, -0.2) is 0 Å². The molecule has 0 saturated carbocycles. The van der Waals surface area contributed by atoms with E-state index in [1.165, 1.54) is 19.1 Å². The lowest BCUT2D eigenvalue weighted by Crippen LogP contribution is -2.13. The van der Waals surface area contributed by atoms with Crippen LogP contribution in [0.5, 0.6) is 0 Å². The quantitative estimate of drug-likeness (QED) is 0.753. The molecule has 0 aliphatic heterocycles. The van der Waals surface area contributed by atoms with Gasteiger partial charge in [0.1, 0.15) is 0 Å². The van der Waals surface area contributed by atoms with Crippen molar-refractivity contribution >= 4 is 0 Å². The Bertz CT molecular complexity index is 369. The van der Waals surface area contributed by atoms with E-state index in [1.54, 1.807) is 6.07 Å². The van der Waals surface area contributed by atoms with Crippen molar-refractivity contribution in [1.82, 2.24) is 0 Å². The van der Waals surface area contributed by atoms with Gasteiger partial charge in [-0.05, 0) is 24.1 Å². The Kier molecular flexibility index (Phi) is 3.19. The van der Waals surface area contributed by atoms with E-state index in [1.807, 2.05) is 0 Å². The highest BCUT2D eigenvalue weighted by Crippen LogP contribution is 2.34. The maximum Gasteiger partial charge on any atom is 0.416 e. The summed E-state index contributed by atoms with van der Waals surface area (Å²) in [4.78, 5) is 0. The van der Waals surface area contributed by atoms with E-state index in [9.17, 15) is 13.2 Å². The van der Waals surface area contributed by atoms with Crippen LogP contribution in [0, 0.1) is 6.92 Å². The van der Waals surface area contributed by atoms with Crippen molar-refractivity contribution < 1.29 is 13.2 Å². The first-order chi connectivity index (χ1) is 6.88. The van der Waals surface area contributed by atoms with Crippen molar-refractivity contribution in [1.29, 1.82) is 0 Å². The Labute approximate surface area is 86.4 Å². The molecule has 1 rings (SSSR count). The van der Waals surface area contributed by atoms with Crippen LogP contribution in [0.3, 0.4) is 0 Å². The van der Waals surface area contributed by atoms with Gasteiger partial charge < -0.3 is 5.73 Å². The molecule has 0 radical (unpaired) electrons. The summed E-state index contributed by atoms with van der Waals surface area (Å²) in [5.74, 6) is 0. The van der Waals surface area contributed by atoms with E-state index in [4.69, 9.17) is 5.73 Å². The Balaban J connectivity index is 3.29. The molecule has 0 heterocycles. The summed E-state index contributed by atoms with van der Waals surface area (Å²) < 4.78 is 37.6. The molecular formula is C11H12F3N. The number of halogens is 3. The number of hydrogen-bond acceptors (Lipinski definition) is 1. The normalized spacial score (nSPS) is 13.7. The zero-order valence-corrected chi connectivity index (χ0v) is 8.31. The predicted octanol–water partition coefficient (Wildman–Crippen LogP) is 3.20. The van der Waals surface area contributed by atoms with E-state index in [2.05, 4.69) is 6.58 Å². The molecule has 0 fully saturated rings. The average Bonchev–Trinajstić information content (AvgIpc) is 2.15. The summed E-state index contributed by atoms with van der Waals surface area (Å²) in [7, 11) is 0. The van der Waals surface area contributed by atoms with Crippen LogP contribution in [0.1, 0.15) is 22.7 Å². The number of rotatable bonds is 2. The first-order valence-electron chi connectivity index (χ1n) is 4.42. The van der Waals surface area contributed by atoms with Gasteiger partial charge in [0.2, 0.25) is 0 Å². The lowest BCUT2D eigenvalue weighted by atomic mass is 9.97. The van der Waals surface area contributed by atoms with Gasteiger partial charge in [0.15, 0.2) is 0 Å². The molecule has 4 heteroatoms. The Morgan fingerprint density at radius 3 is 2.47 bits per heavy atom. The summed E-state index contributed by atoms with van der Waals surface area (Å²) >= 11 is 0. The van der Waals surface area contributed by atoms with Crippen molar-refractivity contribution in [2.75, 3.05) is 0 Å². The van der Waals surface area contributed by atoms with Gasteiger partial charge in [-0.3, -0.25) is 0 Å². The second-order valence-corrected chi connectivity index (χ2v) is 3.28. The molecule has 0 spiro atoms. The fourth-order valence-corrected chi connectivity index (χ4v) is 1.45. The minimum Gasteiger partial charge on any atom is -0.321 e. The van der Waals surface area contributed by atoms with Gasteiger partial charge in [-0.15, -0.1) is 6.58 Å². The fourth-order valence-electron chi connectivity index (χ4n) is 1.45. The molecule has 1 atom stereocenters. The molecular weight excluding hydrogens is 203 g/mol. The maximum absolute atomic E-state index is 12.5. The van der Waals surface area contributed by atoms with Crippen molar-refractivity contribution in [2.45, 2.75) is 19.1 Å². The van der Waals surface area contributed by atoms with Crippen molar-refractivity contribution in [3.63, 3.8) is 0 Å². The van der Waals surface area contributed by atoms with Crippen LogP contribution in [0.15, 0.2) is 30.9 Å². The number of nitrogens with two attached hydrogens (primary N) is 1. The molecule has 15 heavy (non-hydrogen) atoms. The van der Waals surface area contributed by atoms with E-state index in [0.29, 0.717) is 5.56 Å². The average molecular weight is 215 g/mol. The monoisotopic (exact) mass is 215 g/mol. The van der Waals surface area contributed by atoms with E-state index < -0.39 is 17.8 Å². The fraction of sp³-hybridized carbons (Fsp3) is 0.273. The van der Waals surface area contributed by atoms with Crippen LogP contribution >= 0.6 is 0 Å². The van der Waals surface area contributed by atoms with E-state index in [-0.39, 0.29) is 5.56 Å². The van der Waals surface area contributed by atoms with Gasteiger partial charge in [-0.2, -0.15) is 13.2 Å². The Hall–Kier alpha value is -1.29. The molecule has 1 aromatic carbocycles. The molecule has 0 saturated heterocycles. The lowest BCUT2D eigenvalue weighted by molar-refractivity contribution is -0.138. The minimum atomic E-state index is -4.33. The summed E-state index contributed by atoms with van der Waals surface area (Å²) in [6, 6.07) is 3.42. The molecule has 1 aromatic rings. The van der Waals surface area contributed by atoms with E-state index >= 15 is 0 Å². The first-order valence-corrected chi connectivity index (χ1v) is 4.42. The van der Waals surface area contributed by atoms with E-state index in [0.717, 1.165) is 6.07 Å². The van der Waals surface area contributed by atoms with Gasteiger partial charge >= 0.3 is 6.18 Å². The topological polar surface area (TPSA) is 26.0 Å². The Morgan fingerprint density at radius 2 is 2.00 bits per heavy atom. The third kappa shape index (κ3) is 2.39. The summed E-state index contributed by atoms with van der Waals surface area (Å²) in [6.07, 6.45) is -2.91. The molecule has 82 valence electrons. The molecule has 0 aliphatic rings. The largest absolute Gasteiger partial charge is 0.416 e. The van der Waals surface area contributed by atoms with Gasteiger partial charge in [0, 0.05) is 6.04 Å². The number of hydrogen-bond donors (Lipinski definition) is 1. The summed E-state index contributed by atoms with van der Waals surface area (Å²) in [5.41, 5.74) is 5.60. The first kappa shape index (κ1) is 11.8. The van der Waals surface area contributed by atoms with Gasteiger partial charge in [0.25, 0.3) is 0 Å². The van der Waals surface area contributed by atoms with Crippen LogP contribution in [0.2, 0.25) is 0 Å². The van der Waals surface area contributed by atoms with Crippen LogP contribution in [0.25, 0.3) is 0 Å². The SMILES string of the molecule is C=C[C@@H](N)c1cccc(C(F)(F)F)c1C. The Morgan fingerprint density at radius 1 is 1.40 bits per heavy atom. The molecule has 0 unspecified atom stereocenters. The second kappa shape index (κ2) is 4.06. The molecule has 0 bridgehead atoms. The highest BCUT2D eigenvalue weighted by atomic mass is 19.4. The predicted molar refractivity (Wildman–Crippen MR) is 53.3 cm³/mol. The molecule has 0 aliphatic carbocycles. The molecule has 0 amide bonds. The molecule has 0 aromatic heterocycles. The van der Waals surface area contributed by atoms with Gasteiger partial charge in [0.05, 0.1) is 5.56 Å². The van der Waals surface area contributed by atoms with Crippen LogP contribution in [-0.2, 0) is 6.18 Å². The summed E-state index contributed by atoms with van der Waals surface area (Å²) in [6.45, 7) is 4.88. The van der Waals surface area contributed by atoms with Crippen molar-refractivity contribution in [3.8, 4) is 0 Å². The third-order valence-corrected chi connectivity index (χ3v) is 2.29. The number of benzene rings is 1. The lowest BCUT2D eigenvalue weighted by Gasteiger charge is -2.16. The summed E-state index contributed by atoms with van der Waals surface area (Å²) in [5, 5.41) is 0. The van der Waals surface area contributed by atoms with Crippen molar-refractivity contribution in [2.24, 2.45) is 5.73 Å². The van der Waals surface area contributed by atoms with Gasteiger partial charge in [-0.25, -0.2) is 0 Å². The zero-order chi connectivity index (χ0) is 11.6. The second-order valence-electron chi connectivity index (χ2n) is 3.28. The highest BCUT2D eigenvalue weighted by molar-refractivity contribution is 5.39. The third-order valence-electron chi connectivity index (χ3n) is 2.29. The van der Waals surface area contributed by atoms with Crippen molar-refractivity contribution in [3.05, 3.63) is 47.5 Å². The maximum atomic E-state index is 12.5. The minimum absolute atomic E-state index is 0.164. The van der Waals surface area contributed by atoms with Gasteiger partial charge in [-0.1, -0.05) is 18.2 Å². The smallest absolute Gasteiger partial charge is 0.321 e. The molecule has 1 nitrogen and oxygen atoms in total. The van der Waals surface area contributed by atoms with Crippen LogP contribution < -0.4 is 5.73 Å².